The van der Waals surface area contributed by atoms with E-state index in [2.05, 4.69) is 34.4 Å². The summed E-state index contributed by atoms with van der Waals surface area (Å²) >= 11 is 0. The van der Waals surface area contributed by atoms with Crippen molar-refractivity contribution in [3.8, 4) is 11.5 Å². The third-order valence-electron chi connectivity index (χ3n) is 4.77. The second-order valence-corrected chi connectivity index (χ2v) is 6.74. The number of guanidine groups is 1. The van der Waals surface area contributed by atoms with Crippen molar-refractivity contribution in [1.29, 1.82) is 0 Å². The van der Waals surface area contributed by atoms with Crippen LogP contribution in [0, 0.1) is 0 Å². The number of nitrogens with one attached hydrogen (secondary N) is 2. The molecule has 0 aliphatic carbocycles. The highest BCUT2D eigenvalue weighted by molar-refractivity contribution is 5.80. The average molecular weight is 363 g/mol. The maximum Gasteiger partial charge on any atom is 0.191 e. The minimum Gasteiger partial charge on any atom is -0.504 e. The van der Waals surface area contributed by atoms with Crippen molar-refractivity contribution in [3.63, 3.8) is 0 Å². The Morgan fingerprint density at radius 2 is 2.08 bits per heavy atom. The highest BCUT2D eigenvalue weighted by atomic mass is 16.5. The van der Waals surface area contributed by atoms with Crippen molar-refractivity contribution in [2.45, 2.75) is 45.6 Å². The smallest absolute Gasteiger partial charge is 0.191 e. The molecule has 2 rings (SSSR count). The van der Waals surface area contributed by atoms with Gasteiger partial charge in [-0.2, -0.15) is 0 Å². The number of benzene rings is 1. The van der Waals surface area contributed by atoms with Gasteiger partial charge in [-0.05, 0) is 50.8 Å². The van der Waals surface area contributed by atoms with E-state index in [9.17, 15) is 5.11 Å². The number of ether oxygens (including phenoxy) is 1. The number of hydrogen-bond donors (Lipinski definition) is 3. The second kappa shape index (κ2) is 10.9. The van der Waals surface area contributed by atoms with Gasteiger partial charge in [-0.1, -0.05) is 19.1 Å². The van der Waals surface area contributed by atoms with Crippen LogP contribution in [0.5, 0.6) is 11.5 Å². The Morgan fingerprint density at radius 3 is 2.73 bits per heavy atom. The number of para-hydroxylation sites is 1. The van der Waals surface area contributed by atoms with Crippen LogP contribution in [0.2, 0.25) is 0 Å². The fraction of sp³-hybridized carbons (Fsp3) is 0.650. The van der Waals surface area contributed by atoms with Crippen molar-refractivity contribution >= 4 is 5.96 Å². The molecule has 0 saturated carbocycles. The molecule has 26 heavy (non-hydrogen) atoms. The second-order valence-electron chi connectivity index (χ2n) is 6.74. The van der Waals surface area contributed by atoms with Crippen LogP contribution in [0.4, 0.5) is 0 Å². The van der Waals surface area contributed by atoms with Gasteiger partial charge in [0.25, 0.3) is 0 Å². The standard InChI is InChI=1S/C20H34N4O2/c1-4-13-24-14-10-17(11-15-24)23-20(21-5-2)22-12-9-16-7-6-8-18(26-3)19(16)25/h6-8,17,25H,4-5,9-15H2,1-3H3,(H2,21,22,23). The van der Waals surface area contributed by atoms with Crippen molar-refractivity contribution in [1.82, 2.24) is 15.5 Å². The van der Waals surface area contributed by atoms with E-state index in [1.165, 1.54) is 13.0 Å². The van der Waals surface area contributed by atoms with E-state index in [1.807, 2.05) is 12.1 Å². The molecule has 0 radical (unpaired) electrons. The van der Waals surface area contributed by atoms with E-state index in [0.29, 0.717) is 24.8 Å². The summed E-state index contributed by atoms with van der Waals surface area (Å²) < 4.78 is 5.16. The molecule has 1 saturated heterocycles. The maximum absolute atomic E-state index is 10.2. The predicted molar refractivity (Wildman–Crippen MR) is 107 cm³/mol. The number of methoxy groups -OCH3 is 1. The molecule has 1 heterocycles. The zero-order chi connectivity index (χ0) is 18.8. The van der Waals surface area contributed by atoms with Crippen LogP contribution in [0.25, 0.3) is 0 Å². The normalized spacial score (nSPS) is 16.5. The Morgan fingerprint density at radius 1 is 1.31 bits per heavy atom. The van der Waals surface area contributed by atoms with E-state index in [4.69, 9.17) is 4.74 Å². The first-order valence-electron chi connectivity index (χ1n) is 9.80. The van der Waals surface area contributed by atoms with E-state index < -0.39 is 0 Å². The molecule has 0 amide bonds. The van der Waals surface area contributed by atoms with Crippen LogP contribution in [-0.4, -0.2) is 61.8 Å². The third-order valence-corrected chi connectivity index (χ3v) is 4.77. The number of piperidine rings is 1. The van der Waals surface area contributed by atoms with Crippen molar-refractivity contribution in [2.75, 3.05) is 39.8 Å². The number of phenolic OH excluding ortho intramolecular Hbond substituents is 1. The summed E-state index contributed by atoms with van der Waals surface area (Å²) in [4.78, 5) is 7.22. The summed E-state index contributed by atoms with van der Waals surface area (Å²) in [5.74, 6) is 1.59. The van der Waals surface area contributed by atoms with Gasteiger partial charge in [-0.3, -0.25) is 4.99 Å². The Kier molecular flexibility index (Phi) is 8.54. The Hall–Kier alpha value is -1.95. The fourth-order valence-corrected chi connectivity index (χ4v) is 3.35. The fourth-order valence-electron chi connectivity index (χ4n) is 3.35. The van der Waals surface area contributed by atoms with Gasteiger partial charge in [-0.15, -0.1) is 0 Å². The van der Waals surface area contributed by atoms with Gasteiger partial charge in [-0.25, -0.2) is 0 Å². The first kappa shape index (κ1) is 20.4. The molecule has 1 aromatic rings. The van der Waals surface area contributed by atoms with Crippen molar-refractivity contribution in [3.05, 3.63) is 23.8 Å². The summed E-state index contributed by atoms with van der Waals surface area (Å²) in [7, 11) is 1.57. The van der Waals surface area contributed by atoms with Gasteiger partial charge in [0.1, 0.15) is 0 Å². The van der Waals surface area contributed by atoms with Crippen LogP contribution in [0.3, 0.4) is 0 Å². The molecule has 6 nitrogen and oxygen atoms in total. The maximum atomic E-state index is 10.2. The third kappa shape index (κ3) is 6.09. The Labute approximate surface area is 157 Å². The predicted octanol–water partition coefficient (Wildman–Crippen LogP) is 2.37. The molecule has 146 valence electrons. The molecule has 6 heteroatoms. The molecule has 0 unspecified atom stereocenters. The number of aliphatic imine (C=N–C) groups is 1. The molecule has 1 fully saturated rings. The van der Waals surface area contributed by atoms with E-state index >= 15 is 0 Å². The summed E-state index contributed by atoms with van der Waals surface area (Å²) in [5, 5.41) is 17.1. The van der Waals surface area contributed by atoms with Gasteiger partial charge in [0, 0.05) is 32.2 Å². The molecule has 0 atom stereocenters. The molecule has 1 aliphatic heterocycles. The highest BCUT2D eigenvalue weighted by Crippen LogP contribution is 2.29. The first-order chi connectivity index (χ1) is 12.7. The van der Waals surface area contributed by atoms with E-state index in [0.717, 1.165) is 44.0 Å². The van der Waals surface area contributed by atoms with Gasteiger partial charge in [0.05, 0.1) is 7.11 Å². The van der Waals surface area contributed by atoms with E-state index in [-0.39, 0.29) is 5.75 Å². The highest BCUT2D eigenvalue weighted by Gasteiger charge is 2.19. The molecule has 1 aliphatic rings. The summed E-state index contributed by atoms with van der Waals surface area (Å²) in [6, 6.07) is 6.05. The summed E-state index contributed by atoms with van der Waals surface area (Å²) in [6.07, 6.45) is 4.20. The summed E-state index contributed by atoms with van der Waals surface area (Å²) in [6.45, 7) is 9.28. The van der Waals surface area contributed by atoms with E-state index in [1.54, 1.807) is 13.2 Å². The Balaban J connectivity index is 1.87. The number of rotatable bonds is 8. The van der Waals surface area contributed by atoms with Gasteiger partial charge in [0.15, 0.2) is 17.5 Å². The molecular formula is C20H34N4O2. The lowest BCUT2D eigenvalue weighted by Crippen LogP contribution is -2.48. The number of hydrogen-bond acceptors (Lipinski definition) is 4. The summed E-state index contributed by atoms with van der Waals surface area (Å²) in [5.41, 5.74) is 0.858. The lowest BCUT2D eigenvalue weighted by atomic mass is 10.1. The average Bonchev–Trinajstić information content (AvgIpc) is 2.65. The molecular weight excluding hydrogens is 328 g/mol. The molecule has 0 bridgehead atoms. The molecule has 3 N–H and O–H groups in total. The number of likely N-dealkylation sites (tertiary alicyclic amines) is 1. The minimum absolute atomic E-state index is 0.214. The molecule has 1 aromatic carbocycles. The SMILES string of the molecule is CCCN1CCC(NC(=NCCc2cccc(OC)c2O)NCC)CC1. The Bertz CT molecular complexity index is 569. The zero-order valence-corrected chi connectivity index (χ0v) is 16.4. The van der Waals surface area contributed by atoms with Crippen LogP contribution in [0.1, 0.15) is 38.7 Å². The minimum atomic E-state index is 0.214. The van der Waals surface area contributed by atoms with Crippen LogP contribution in [-0.2, 0) is 6.42 Å². The number of phenols is 1. The lowest BCUT2D eigenvalue weighted by molar-refractivity contribution is 0.206. The van der Waals surface area contributed by atoms with Gasteiger partial charge >= 0.3 is 0 Å². The first-order valence-corrected chi connectivity index (χ1v) is 9.80. The lowest BCUT2D eigenvalue weighted by Gasteiger charge is -2.32. The molecule has 0 spiro atoms. The number of nitrogens with zero attached hydrogens (tertiary/aromatic N) is 2. The van der Waals surface area contributed by atoms with Gasteiger partial charge in [0.2, 0.25) is 0 Å². The topological polar surface area (TPSA) is 69.1 Å². The van der Waals surface area contributed by atoms with Gasteiger partial charge < -0.3 is 25.4 Å². The van der Waals surface area contributed by atoms with Crippen molar-refractivity contribution < 1.29 is 9.84 Å². The van der Waals surface area contributed by atoms with Crippen LogP contribution < -0.4 is 15.4 Å². The van der Waals surface area contributed by atoms with Crippen LogP contribution >= 0.6 is 0 Å². The monoisotopic (exact) mass is 362 g/mol. The van der Waals surface area contributed by atoms with Crippen LogP contribution in [0.15, 0.2) is 23.2 Å². The van der Waals surface area contributed by atoms with Crippen molar-refractivity contribution in [2.24, 2.45) is 4.99 Å². The number of aromatic hydroxyl groups is 1. The largest absolute Gasteiger partial charge is 0.504 e. The quantitative estimate of drug-likeness (QED) is 0.489. The zero-order valence-electron chi connectivity index (χ0n) is 16.4. The molecule has 0 aromatic heterocycles.